The van der Waals surface area contributed by atoms with Crippen molar-refractivity contribution >= 4 is 40.8 Å². The third kappa shape index (κ3) is 10.3. The van der Waals surface area contributed by atoms with E-state index in [2.05, 4.69) is 50.2 Å². The molecule has 0 bridgehead atoms. The predicted octanol–water partition coefficient (Wildman–Crippen LogP) is 3.20. The molecule has 1 aliphatic rings. The van der Waals surface area contributed by atoms with Gasteiger partial charge in [-0.3, -0.25) is 9.59 Å². The Balaban J connectivity index is 0.000000757. The Morgan fingerprint density at radius 1 is 0.909 bits per heavy atom. The molecule has 3 aromatic heterocycles. The zero-order valence-electron chi connectivity index (χ0n) is 29.5. The number of fused-ring (bicyclic) bond motifs is 1. The molecule has 7 N–H and O–H groups in total. The summed E-state index contributed by atoms with van der Waals surface area (Å²) in [4.78, 5) is 50.6. The van der Waals surface area contributed by atoms with Crippen LogP contribution in [0.25, 0.3) is 11.2 Å². The molecule has 6 rings (SSSR count). The number of benzene rings is 2. The number of imidazole rings is 2. The number of aliphatic hydroxyl groups is 2. The summed E-state index contributed by atoms with van der Waals surface area (Å²) in [7, 11) is 0. The average molecular weight is 768 g/mol. The number of carbonyl (C=O) groups excluding carboxylic acids is 1. The van der Waals surface area contributed by atoms with Gasteiger partial charge in [0.25, 0.3) is 0 Å². The first-order chi connectivity index (χ1) is 26.2. The summed E-state index contributed by atoms with van der Waals surface area (Å²) >= 11 is 0. The Labute approximate surface area is 312 Å². The Kier molecular flexibility index (Phi) is 13.0. The molecule has 55 heavy (non-hydrogen) atoms. The number of rotatable bonds is 14. The molecule has 0 spiro atoms. The molecule has 19 heteroatoms. The highest BCUT2D eigenvalue weighted by atomic mass is 19.4. The molecular formula is C36H40F3N9O7. The van der Waals surface area contributed by atoms with Crippen LogP contribution in [-0.4, -0.2) is 105 Å². The molecule has 1 saturated carbocycles. The predicted molar refractivity (Wildman–Crippen MR) is 192 cm³/mol. The van der Waals surface area contributed by atoms with Gasteiger partial charge >= 0.3 is 18.1 Å². The minimum absolute atomic E-state index is 0.00607. The number of carboxylic acid groups (broad SMARTS) is 2. The lowest BCUT2D eigenvalue weighted by molar-refractivity contribution is -0.192. The van der Waals surface area contributed by atoms with Crippen molar-refractivity contribution in [3.8, 4) is 0 Å². The fraction of sp³-hybridized carbons (Fsp3) is 0.361. The maximum atomic E-state index is 12.1. The van der Waals surface area contributed by atoms with E-state index in [1.54, 1.807) is 24.0 Å². The Hall–Kier alpha value is -6.08. The zero-order chi connectivity index (χ0) is 39.7. The van der Waals surface area contributed by atoms with E-state index in [1.807, 2.05) is 36.4 Å². The minimum atomic E-state index is -5.08. The number of hydrogen-bond acceptors (Lipinski definition) is 11. The fourth-order valence-corrected chi connectivity index (χ4v) is 6.18. The van der Waals surface area contributed by atoms with E-state index in [0.717, 1.165) is 11.1 Å². The van der Waals surface area contributed by atoms with Gasteiger partial charge in [-0.2, -0.15) is 23.1 Å². The standard InChI is InChI=1S/C34H39N9O5.C2HF3O2/c1-2-27(44)39-25-15-26(31(48)30(25)47)43-20-38-29-32(36-16-24(21-9-5-3-6-10-21)22-11-7-4-8-12-22)40-34(41-33(29)43)35-14-13-23-17-42(19-37-23)18-28(45)46;3-2(4,5)1(6)7/h3-12,17,19-20,24-26,30-31,47-48H,2,13-16,18H2,1H3,(H,39,44)(H,45,46)(H2,35,36,40,41);(H,6,7)/t25-,26+,30+,31-;/m0./s1. The summed E-state index contributed by atoms with van der Waals surface area (Å²) in [5.41, 5.74) is 3.93. The number of halogens is 3. The van der Waals surface area contributed by atoms with Crippen molar-refractivity contribution in [3.63, 3.8) is 0 Å². The van der Waals surface area contributed by atoms with Crippen molar-refractivity contribution in [2.24, 2.45) is 0 Å². The lowest BCUT2D eigenvalue weighted by Crippen LogP contribution is -2.42. The lowest BCUT2D eigenvalue weighted by Gasteiger charge is -2.20. The number of nitrogens with one attached hydrogen (secondary N) is 3. The molecule has 2 aromatic carbocycles. The molecule has 5 aromatic rings. The second-order valence-electron chi connectivity index (χ2n) is 12.7. The van der Waals surface area contributed by atoms with Gasteiger partial charge in [-0.1, -0.05) is 67.6 Å². The molecule has 0 radical (unpaired) electrons. The van der Waals surface area contributed by atoms with Gasteiger partial charge in [0.15, 0.2) is 17.0 Å². The van der Waals surface area contributed by atoms with E-state index in [9.17, 15) is 33.0 Å². The number of carbonyl (C=O) groups is 3. The lowest BCUT2D eigenvalue weighted by atomic mass is 9.91. The molecule has 3 heterocycles. The highest BCUT2D eigenvalue weighted by molar-refractivity contribution is 5.84. The number of aliphatic hydroxyl groups excluding tert-OH is 2. The number of carboxylic acids is 2. The first kappa shape index (κ1) is 40.1. The quantitative estimate of drug-likeness (QED) is 0.0862. The second-order valence-corrected chi connectivity index (χ2v) is 12.7. The molecule has 1 amide bonds. The van der Waals surface area contributed by atoms with Crippen LogP contribution in [-0.2, 0) is 27.3 Å². The number of aliphatic carboxylic acids is 2. The Morgan fingerprint density at radius 3 is 2.13 bits per heavy atom. The number of aromatic nitrogens is 6. The summed E-state index contributed by atoms with van der Waals surface area (Å²) in [6.07, 6.45) is -1.59. The Bertz CT molecular complexity index is 2020. The van der Waals surface area contributed by atoms with Gasteiger partial charge in [0.1, 0.15) is 18.8 Å². The summed E-state index contributed by atoms with van der Waals surface area (Å²) in [5, 5.41) is 47.6. The normalized spacial score (nSPS) is 18.1. The molecule has 292 valence electrons. The van der Waals surface area contributed by atoms with E-state index >= 15 is 0 Å². The molecule has 4 atom stereocenters. The van der Waals surface area contributed by atoms with Gasteiger partial charge in [-0.15, -0.1) is 0 Å². The van der Waals surface area contributed by atoms with Crippen LogP contribution in [0, 0.1) is 0 Å². The van der Waals surface area contributed by atoms with E-state index in [1.165, 1.54) is 10.9 Å². The molecule has 1 fully saturated rings. The smallest absolute Gasteiger partial charge is 0.480 e. The summed E-state index contributed by atoms with van der Waals surface area (Å²) in [5.74, 6) is -3.10. The molecule has 0 aliphatic heterocycles. The van der Waals surface area contributed by atoms with Crippen LogP contribution in [0.4, 0.5) is 24.9 Å². The van der Waals surface area contributed by atoms with E-state index in [-0.39, 0.29) is 31.2 Å². The summed E-state index contributed by atoms with van der Waals surface area (Å²) < 4.78 is 35.0. The maximum Gasteiger partial charge on any atom is 0.490 e. The molecule has 1 aliphatic carbocycles. The SMILES string of the molecule is CCC(=O)N[C@H]1C[C@@H](n2cnc3c(NCC(c4ccccc4)c4ccccc4)nc(NCCc4cn(CC(=O)O)cn4)nc32)[C@H](O)[C@@H]1O.O=C(O)C(F)(F)F. The van der Waals surface area contributed by atoms with Crippen LogP contribution in [0.1, 0.15) is 48.5 Å². The second kappa shape index (κ2) is 17.8. The first-order valence-corrected chi connectivity index (χ1v) is 17.2. The van der Waals surface area contributed by atoms with Gasteiger partial charge in [-0.25, -0.2) is 14.8 Å². The fourth-order valence-electron chi connectivity index (χ4n) is 6.18. The minimum Gasteiger partial charge on any atom is -0.480 e. The third-order valence-corrected chi connectivity index (χ3v) is 8.89. The highest BCUT2D eigenvalue weighted by Gasteiger charge is 2.44. The van der Waals surface area contributed by atoms with E-state index < -0.39 is 42.4 Å². The first-order valence-electron chi connectivity index (χ1n) is 17.2. The van der Waals surface area contributed by atoms with Crippen molar-refractivity contribution in [2.75, 3.05) is 23.7 Å². The van der Waals surface area contributed by atoms with Crippen molar-refractivity contribution in [1.29, 1.82) is 0 Å². The molecule has 16 nitrogen and oxygen atoms in total. The Morgan fingerprint density at radius 2 is 1.55 bits per heavy atom. The van der Waals surface area contributed by atoms with Gasteiger partial charge in [-0.05, 0) is 17.5 Å². The number of hydrogen-bond donors (Lipinski definition) is 7. The van der Waals surface area contributed by atoms with E-state index in [4.69, 9.17) is 25.0 Å². The van der Waals surface area contributed by atoms with Gasteiger partial charge in [0, 0.05) is 38.0 Å². The van der Waals surface area contributed by atoms with Crippen molar-refractivity contribution in [2.45, 2.75) is 69.1 Å². The van der Waals surface area contributed by atoms with Crippen molar-refractivity contribution in [3.05, 3.63) is 96.3 Å². The van der Waals surface area contributed by atoms with E-state index in [0.29, 0.717) is 48.1 Å². The number of alkyl halides is 3. The van der Waals surface area contributed by atoms with Crippen LogP contribution in [0.15, 0.2) is 79.5 Å². The van der Waals surface area contributed by atoms with Crippen molar-refractivity contribution in [1.82, 2.24) is 34.4 Å². The van der Waals surface area contributed by atoms with Crippen LogP contribution >= 0.6 is 0 Å². The van der Waals surface area contributed by atoms with Crippen molar-refractivity contribution < 1.29 is 48.0 Å². The summed E-state index contributed by atoms with van der Waals surface area (Å²) in [6.45, 7) is 2.48. The van der Waals surface area contributed by atoms with Gasteiger partial charge in [0.2, 0.25) is 11.9 Å². The number of nitrogens with zero attached hydrogens (tertiary/aromatic N) is 6. The van der Waals surface area contributed by atoms with Gasteiger partial charge in [0.05, 0.1) is 30.4 Å². The molecule has 0 saturated heterocycles. The van der Waals surface area contributed by atoms with Crippen LogP contribution in [0.3, 0.4) is 0 Å². The zero-order valence-corrected chi connectivity index (χ0v) is 29.5. The summed E-state index contributed by atoms with van der Waals surface area (Å²) in [6, 6.07) is 19.2. The third-order valence-electron chi connectivity index (χ3n) is 8.89. The number of amides is 1. The highest BCUT2D eigenvalue weighted by Crippen LogP contribution is 2.35. The largest absolute Gasteiger partial charge is 0.490 e. The van der Waals surface area contributed by atoms with Crippen LogP contribution in [0.5, 0.6) is 0 Å². The van der Waals surface area contributed by atoms with Crippen LogP contribution < -0.4 is 16.0 Å². The average Bonchev–Trinajstić information content (AvgIpc) is 3.86. The van der Waals surface area contributed by atoms with Gasteiger partial charge < -0.3 is 45.5 Å². The van der Waals surface area contributed by atoms with Crippen LogP contribution in [0.2, 0.25) is 0 Å². The topological polar surface area (TPSA) is 230 Å². The monoisotopic (exact) mass is 767 g/mol. The number of anilines is 2. The molecule has 0 unspecified atom stereocenters. The maximum absolute atomic E-state index is 12.1. The molecular weight excluding hydrogens is 727 g/mol.